The van der Waals surface area contributed by atoms with Gasteiger partial charge in [-0.1, -0.05) is 0 Å². The van der Waals surface area contributed by atoms with E-state index >= 15 is 4.39 Å². The van der Waals surface area contributed by atoms with Crippen LogP contribution in [0.15, 0.2) is 83.9 Å². The number of ether oxygens (including phenoxy) is 1. The van der Waals surface area contributed by atoms with E-state index in [1.54, 1.807) is 4.90 Å². The van der Waals surface area contributed by atoms with Crippen LogP contribution in [-0.4, -0.2) is 121 Å². The highest BCUT2D eigenvalue weighted by Gasteiger charge is 2.46. The Labute approximate surface area is 402 Å². The first kappa shape index (κ1) is 45.5. The highest BCUT2D eigenvalue weighted by molar-refractivity contribution is 7.90. The summed E-state index contributed by atoms with van der Waals surface area (Å²) in [7, 11) is -4.24. The number of carbonyl (C=O) groups is 3. The van der Waals surface area contributed by atoms with Gasteiger partial charge in [-0.25, -0.2) is 13.8 Å². The van der Waals surface area contributed by atoms with Gasteiger partial charge in [0.25, 0.3) is 11.5 Å². The van der Waals surface area contributed by atoms with Gasteiger partial charge in [0, 0.05) is 88.8 Å². The normalized spacial score (nSPS) is 22.6. The summed E-state index contributed by atoms with van der Waals surface area (Å²) in [4.78, 5) is 64.7. The van der Waals surface area contributed by atoms with Crippen LogP contribution in [0.3, 0.4) is 0 Å². The first-order chi connectivity index (χ1) is 33.7. The third-order valence-corrected chi connectivity index (χ3v) is 16.4. The maximum Gasteiger partial charge on any atom is 0.301 e. The van der Waals surface area contributed by atoms with E-state index < -0.39 is 51.0 Å². The first-order valence-electron chi connectivity index (χ1n) is 23.7. The molecule has 7 heterocycles. The van der Waals surface area contributed by atoms with Crippen LogP contribution >= 0.6 is 0 Å². The van der Waals surface area contributed by atoms with Crippen molar-refractivity contribution in [2.45, 2.75) is 57.3 Å². The van der Waals surface area contributed by atoms with E-state index in [9.17, 15) is 37.2 Å². The number of nitrogens with one attached hydrogen (secondary N) is 2. The van der Waals surface area contributed by atoms with E-state index in [0.29, 0.717) is 41.1 Å². The molecule has 4 aromatic carbocycles. The number of nitrogens with zero attached hydrogens (tertiary/aromatic N) is 8. The largest absolute Gasteiger partial charge is 0.453 e. The van der Waals surface area contributed by atoms with Crippen molar-refractivity contribution in [3.8, 4) is 23.3 Å². The molecule has 362 valence electrons. The van der Waals surface area contributed by atoms with Crippen LogP contribution < -0.4 is 30.1 Å². The van der Waals surface area contributed by atoms with Gasteiger partial charge in [0.15, 0.2) is 11.6 Å². The van der Waals surface area contributed by atoms with Crippen molar-refractivity contribution < 1.29 is 36.3 Å². The zero-order chi connectivity index (χ0) is 48.5. The van der Waals surface area contributed by atoms with E-state index in [1.165, 1.54) is 29.1 Å². The molecule has 2 N–H and O–H groups in total. The molecule has 1 aromatic heterocycles. The first-order valence-corrected chi connectivity index (χ1v) is 25.1. The lowest BCUT2D eigenvalue weighted by Gasteiger charge is -2.55. The number of piperidine rings is 2. The SMILES string of the molecule is N#Cc1c(NS(=O)(=O)N2CC[C@@H](F)C2)ccc(F)c1Oc1ccc2ncn(-c3ccc(N4CCC(CN5CC6(CCN(c7ccc8c(c7)CN([C@H]7CCC(=O)NC7=O)C8=O)CC6)C5)C4)cc3)c(=O)c2c1. The van der Waals surface area contributed by atoms with Gasteiger partial charge in [0.2, 0.25) is 11.8 Å². The lowest BCUT2D eigenvalue weighted by atomic mass is 9.71. The Morgan fingerprint density at radius 2 is 1.64 bits per heavy atom. The highest BCUT2D eigenvalue weighted by Crippen LogP contribution is 2.43. The van der Waals surface area contributed by atoms with Gasteiger partial charge in [-0.05, 0) is 122 Å². The predicted molar refractivity (Wildman–Crippen MR) is 255 cm³/mol. The monoisotopic (exact) mass is 972 g/mol. The molecule has 1 unspecified atom stereocenters. The van der Waals surface area contributed by atoms with E-state index in [2.05, 4.69) is 35.8 Å². The summed E-state index contributed by atoms with van der Waals surface area (Å²) in [5.74, 6) is -1.78. The van der Waals surface area contributed by atoms with Gasteiger partial charge in [-0.15, -0.1) is 0 Å². The average molecular weight is 973 g/mol. The quantitative estimate of drug-likeness (QED) is 0.167. The molecule has 17 nitrogen and oxygen atoms in total. The number of carbonyl (C=O) groups excluding carboxylic acids is 3. The van der Waals surface area contributed by atoms with Crippen molar-refractivity contribution in [2.24, 2.45) is 11.3 Å². The fourth-order valence-electron chi connectivity index (χ4n) is 11.2. The lowest BCUT2D eigenvalue weighted by molar-refractivity contribution is -0.136. The van der Waals surface area contributed by atoms with E-state index in [-0.39, 0.29) is 54.6 Å². The lowest BCUT2D eigenvalue weighted by Crippen LogP contribution is -2.61. The summed E-state index contributed by atoms with van der Waals surface area (Å²) in [6.07, 6.45) is 4.05. The maximum absolute atomic E-state index is 15.2. The summed E-state index contributed by atoms with van der Waals surface area (Å²) >= 11 is 0. The molecule has 0 aliphatic carbocycles. The van der Waals surface area contributed by atoms with Crippen molar-refractivity contribution in [2.75, 3.05) is 73.4 Å². The van der Waals surface area contributed by atoms with Crippen LogP contribution in [0.2, 0.25) is 0 Å². The third kappa shape index (κ3) is 8.49. The standard InChI is InChI=1S/C50H50F2N10O7S/c51-33-14-18-60(27-33)70(67,68)56-43-10-8-41(52)46(40(43)23-53)69-37-6-9-42-39(22-37)49(66)62(30-54-42)35-3-1-34(2-4-35)59-17-13-31(25-59)24-57-28-50(29-57)15-19-58(20-16-50)36-5-7-38-32(21-36)26-61(48(38)65)44-11-12-45(63)55-47(44)64/h1-10,21-22,30-31,33,44,56H,11-20,24-29H2,(H,55,63,64)/t31?,33-,44+/m1/s1. The molecule has 0 saturated carbocycles. The molecule has 5 fully saturated rings. The highest BCUT2D eigenvalue weighted by atomic mass is 32.2. The Kier molecular flexibility index (Phi) is 11.6. The number of hydrogen-bond acceptors (Lipinski definition) is 12. The smallest absolute Gasteiger partial charge is 0.301 e. The molecule has 3 atom stereocenters. The third-order valence-electron chi connectivity index (χ3n) is 15.0. The van der Waals surface area contributed by atoms with Crippen molar-refractivity contribution in [3.63, 3.8) is 0 Å². The number of anilines is 3. The van der Waals surface area contributed by atoms with Crippen LogP contribution in [0.4, 0.5) is 25.8 Å². The maximum atomic E-state index is 15.2. The fraction of sp³-hybridized carbons (Fsp3) is 0.400. The molecule has 1 spiro atoms. The summed E-state index contributed by atoms with van der Waals surface area (Å²) < 4.78 is 65.3. The molecule has 3 amide bonds. The topological polar surface area (TPSA) is 194 Å². The zero-order valence-electron chi connectivity index (χ0n) is 38.2. The number of aromatic nitrogens is 2. The molecule has 11 rings (SSSR count). The van der Waals surface area contributed by atoms with Crippen LogP contribution in [0.25, 0.3) is 16.6 Å². The number of rotatable bonds is 11. The predicted octanol–water partition coefficient (Wildman–Crippen LogP) is 5.08. The van der Waals surface area contributed by atoms with Gasteiger partial charge in [-0.3, -0.25) is 33.8 Å². The molecule has 70 heavy (non-hydrogen) atoms. The van der Waals surface area contributed by atoms with Gasteiger partial charge in [-0.2, -0.15) is 18.0 Å². The number of likely N-dealkylation sites (tertiary alicyclic amines) is 1. The summed E-state index contributed by atoms with van der Waals surface area (Å²) in [5, 5.41) is 12.5. The number of alkyl halides is 1. The fourth-order valence-corrected chi connectivity index (χ4v) is 12.5. The Morgan fingerprint density at radius 3 is 2.39 bits per heavy atom. The van der Waals surface area contributed by atoms with E-state index in [4.69, 9.17) is 4.74 Å². The van der Waals surface area contributed by atoms with Crippen LogP contribution in [0.5, 0.6) is 11.5 Å². The zero-order valence-corrected chi connectivity index (χ0v) is 39.0. The molecule has 0 bridgehead atoms. The molecular formula is C50H50F2N10O7S. The van der Waals surface area contributed by atoms with Crippen molar-refractivity contribution in [3.05, 3.63) is 112 Å². The Hall–Kier alpha value is -6.95. The van der Waals surface area contributed by atoms with Gasteiger partial charge >= 0.3 is 10.2 Å². The Bertz CT molecular complexity index is 3170. The summed E-state index contributed by atoms with van der Waals surface area (Å²) in [6, 6.07) is 21.4. The van der Waals surface area contributed by atoms with Crippen molar-refractivity contribution >= 4 is 55.9 Å². The summed E-state index contributed by atoms with van der Waals surface area (Å²) in [6.45, 7) is 6.97. The molecule has 20 heteroatoms. The Balaban J connectivity index is 0.683. The van der Waals surface area contributed by atoms with E-state index in [1.807, 2.05) is 42.5 Å². The second-order valence-corrected chi connectivity index (χ2v) is 21.1. The summed E-state index contributed by atoms with van der Waals surface area (Å²) in [5.41, 5.74) is 3.93. The molecular weight excluding hydrogens is 923 g/mol. The minimum atomic E-state index is -4.24. The van der Waals surface area contributed by atoms with Crippen LogP contribution in [0.1, 0.15) is 60.0 Å². The number of amides is 3. The van der Waals surface area contributed by atoms with Gasteiger partial charge < -0.3 is 24.3 Å². The number of hydrogen-bond donors (Lipinski definition) is 2. The number of halogens is 2. The molecule has 6 aliphatic heterocycles. The molecule has 5 saturated heterocycles. The second kappa shape index (κ2) is 17.8. The van der Waals surface area contributed by atoms with Crippen molar-refractivity contribution in [1.82, 2.24) is 29.0 Å². The molecule has 5 aromatic rings. The number of fused-ring (bicyclic) bond motifs is 2. The molecule has 0 radical (unpaired) electrons. The Morgan fingerprint density at radius 1 is 0.871 bits per heavy atom. The number of benzene rings is 4. The van der Waals surface area contributed by atoms with Crippen LogP contribution in [-0.2, 0) is 26.3 Å². The van der Waals surface area contributed by atoms with E-state index in [0.717, 1.165) is 98.5 Å². The minimum Gasteiger partial charge on any atom is -0.453 e. The van der Waals surface area contributed by atoms with Crippen LogP contribution in [0, 0.1) is 28.5 Å². The minimum absolute atomic E-state index is 0.0205. The van der Waals surface area contributed by atoms with Gasteiger partial charge in [0.1, 0.15) is 35.9 Å². The number of nitriles is 1. The second-order valence-electron chi connectivity index (χ2n) is 19.5. The van der Waals surface area contributed by atoms with Gasteiger partial charge in [0.05, 0.1) is 22.3 Å². The average Bonchev–Trinajstić information content (AvgIpc) is 4.09. The number of imide groups is 1. The molecule has 6 aliphatic rings. The van der Waals surface area contributed by atoms with Crippen molar-refractivity contribution in [1.29, 1.82) is 5.26 Å².